The van der Waals surface area contributed by atoms with Crippen molar-refractivity contribution in [2.45, 2.75) is 57.7 Å². The maximum atomic E-state index is 13.3. The average molecular weight is 565 g/mol. The molecule has 2 aromatic rings. The number of nitrogens with zero attached hydrogens (tertiary/aromatic N) is 3. The summed E-state index contributed by atoms with van der Waals surface area (Å²) in [5.41, 5.74) is 0.490. The summed E-state index contributed by atoms with van der Waals surface area (Å²) in [6.45, 7) is 9.60. The van der Waals surface area contributed by atoms with Crippen LogP contribution in [0.2, 0.25) is 5.02 Å². The molecule has 1 aliphatic heterocycles. The summed E-state index contributed by atoms with van der Waals surface area (Å²) in [4.78, 5) is 14.7. The summed E-state index contributed by atoms with van der Waals surface area (Å²) in [5, 5.41) is 14.9. The summed E-state index contributed by atoms with van der Waals surface area (Å²) in [6, 6.07) is 11.1. The molecule has 0 aromatic heterocycles. The molecule has 1 saturated carbocycles. The van der Waals surface area contributed by atoms with E-state index in [4.69, 9.17) is 11.6 Å². The van der Waals surface area contributed by atoms with Crippen LogP contribution in [-0.4, -0.2) is 42.5 Å². The van der Waals surface area contributed by atoms with E-state index < -0.39 is 22.4 Å². The molecule has 1 aliphatic carbocycles. The molecule has 212 valence electrons. The van der Waals surface area contributed by atoms with Gasteiger partial charge in [-0.2, -0.15) is 13.2 Å². The molecule has 39 heavy (non-hydrogen) atoms. The fourth-order valence-corrected chi connectivity index (χ4v) is 6.02. The Balaban J connectivity index is 1.26. The topological polar surface area (TPSA) is 61.6 Å². The second-order valence-corrected chi connectivity index (χ2v) is 11.6. The van der Waals surface area contributed by atoms with E-state index in [0.29, 0.717) is 5.92 Å². The lowest BCUT2D eigenvalue weighted by atomic mass is 9.76. The zero-order valence-corrected chi connectivity index (χ0v) is 23.2. The van der Waals surface area contributed by atoms with Crippen LogP contribution < -0.4 is 10.2 Å². The van der Waals surface area contributed by atoms with E-state index in [0.717, 1.165) is 81.0 Å². The van der Waals surface area contributed by atoms with Gasteiger partial charge in [-0.25, -0.2) is 0 Å². The highest BCUT2D eigenvalue weighted by atomic mass is 35.5. The van der Waals surface area contributed by atoms with Crippen molar-refractivity contribution in [3.05, 3.63) is 75.4 Å². The number of hydrogen-bond acceptors (Lipinski definition) is 5. The monoisotopic (exact) mass is 564 g/mol. The third kappa shape index (κ3) is 6.99. The van der Waals surface area contributed by atoms with Crippen molar-refractivity contribution in [3.8, 4) is 0 Å². The molecule has 1 heterocycles. The van der Waals surface area contributed by atoms with Gasteiger partial charge in [0, 0.05) is 66.3 Å². The number of anilines is 2. The van der Waals surface area contributed by atoms with Gasteiger partial charge in [0.1, 0.15) is 5.56 Å². The van der Waals surface area contributed by atoms with Gasteiger partial charge in [0.05, 0.1) is 4.92 Å². The van der Waals surface area contributed by atoms with Gasteiger partial charge >= 0.3 is 6.18 Å². The maximum absolute atomic E-state index is 13.3. The second kappa shape index (κ2) is 11.7. The summed E-state index contributed by atoms with van der Waals surface area (Å²) in [7, 11) is 2.11. The van der Waals surface area contributed by atoms with Gasteiger partial charge < -0.3 is 15.1 Å². The highest BCUT2D eigenvalue weighted by Crippen LogP contribution is 2.41. The standard InChI is InChI=1S/C29H36ClF3N4O2/c1-20(28(2)14-16-36(17-15-28)25-11-6-22(30)7-12-25)35(3)19-21-4-8-23(9-5-21)34-24-10-13-27(37(38)39)26(18-24)29(31,32)33/h6-7,10-13,18,21,23,34H,1,4-5,8-9,14-17,19H2,2-3H3/t21-,23-. The van der Waals surface area contributed by atoms with Crippen molar-refractivity contribution >= 4 is 28.7 Å². The van der Waals surface area contributed by atoms with Gasteiger partial charge in [-0.3, -0.25) is 10.1 Å². The quantitative estimate of drug-likeness (QED) is 0.260. The molecule has 1 saturated heterocycles. The number of halogens is 4. The molecule has 2 aliphatic rings. The number of hydrogen-bond donors (Lipinski definition) is 1. The van der Waals surface area contributed by atoms with Gasteiger partial charge in [-0.15, -0.1) is 0 Å². The largest absolute Gasteiger partial charge is 0.423 e. The summed E-state index contributed by atoms with van der Waals surface area (Å²) in [6.07, 6.45) is 0.821. The molecule has 2 fully saturated rings. The molecule has 0 radical (unpaired) electrons. The van der Waals surface area contributed by atoms with Crippen molar-refractivity contribution in [1.82, 2.24) is 4.90 Å². The number of allylic oxidation sites excluding steroid dienone is 1. The van der Waals surface area contributed by atoms with E-state index in [1.807, 2.05) is 12.1 Å². The smallest absolute Gasteiger partial charge is 0.382 e. The number of nitrogens with one attached hydrogen (secondary N) is 1. The summed E-state index contributed by atoms with van der Waals surface area (Å²) < 4.78 is 40.0. The molecule has 2 aromatic carbocycles. The van der Waals surface area contributed by atoms with Gasteiger partial charge in [0.25, 0.3) is 5.69 Å². The molecule has 0 bridgehead atoms. The van der Waals surface area contributed by atoms with Gasteiger partial charge in [0.15, 0.2) is 0 Å². The highest BCUT2D eigenvalue weighted by Gasteiger charge is 2.39. The zero-order valence-electron chi connectivity index (χ0n) is 22.4. The molecule has 0 unspecified atom stereocenters. The first-order chi connectivity index (χ1) is 18.4. The van der Waals surface area contributed by atoms with Crippen LogP contribution in [0.25, 0.3) is 0 Å². The lowest BCUT2D eigenvalue weighted by molar-refractivity contribution is -0.388. The van der Waals surface area contributed by atoms with Crippen LogP contribution in [0.1, 0.15) is 51.0 Å². The second-order valence-electron chi connectivity index (χ2n) is 11.2. The molecule has 10 heteroatoms. The fourth-order valence-electron chi connectivity index (χ4n) is 5.89. The Kier molecular flexibility index (Phi) is 8.69. The summed E-state index contributed by atoms with van der Waals surface area (Å²) in [5.74, 6) is 0.477. The molecular weight excluding hydrogens is 529 g/mol. The van der Waals surface area contributed by atoms with Gasteiger partial charge in [-0.1, -0.05) is 25.1 Å². The van der Waals surface area contributed by atoms with Crippen molar-refractivity contribution in [3.63, 3.8) is 0 Å². The van der Waals surface area contributed by atoms with E-state index in [2.05, 4.69) is 47.8 Å². The fraction of sp³-hybridized carbons (Fsp3) is 0.517. The Bertz CT molecular complexity index is 1170. The number of nitro groups is 1. The van der Waals surface area contributed by atoms with E-state index in [1.165, 1.54) is 11.8 Å². The lowest BCUT2D eigenvalue weighted by Gasteiger charge is -2.45. The molecule has 6 nitrogen and oxygen atoms in total. The number of alkyl halides is 3. The van der Waals surface area contributed by atoms with Crippen molar-refractivity contribution < 1.29 is 18.1 Å². The molecule has 0 atom stereocenters. The lowest BCUT2D eigenvalue weighted by Crippen LogP contribution is -2.43. The first-order valence-corrected chi connectivity index (χ1v) is 13.8. The summed E-state index contributed by atoms with van der Waals surface area (Å²) >= 11 is 6.03. The molecule has 4 rings (SSSR count). The predicted octanol–water partition coefficient (Wildman–Crippen LogP) is 7.99. The van der Waals surface area contributed by atoms with E-state index in [1.54, 1.807) is 0 Å². The van der Waals surface area contributed by atoms with Crippen LogP contribution >= 0.6 is 11.6 Å². The molecule has 0 spiro atoms. The molecule has 1 N–H and O–H groups in total. The Morgan fingerprint density at radius 3 is 2.33 bits per heavy atom. The Hall–Kier alpha value is -2.94. The normalized spacial score (nSPS) is 21.3. The number of rotatable bonds is 8. The van der Waals surface area contributed by atoms with Crippen LogP contribution in [0, 0.1) is 21.4 Å². The number of benzene rings is 2. The zero-order chi connectivity index (χ0) is 28.4. The molecular formula is C29H36ClF3N4O2. The molecule has 0 amide bonds. The van der Waals surface area contributed by atoms with E-state index in [-0.39, 0.29) is 17.1 Å². The third-order valence-electron chi connectivity index (χ3n) is 8.46. The van der Waals surface area contributed by atoms with Crippen LogP contribution in [0.5, 0.6) is 0 Å². The van der Waals surface area contributed by atoms with Gasteiger partial charge in [0.2, 0.25) is 0 Å². The first-order valence-electron chi connectivity index (χ1n) is 13.4. The maximum Gasteiger partial charge on any atom is 0.423 e. The van der Waals surface area contributed by atoms with Crippen molar-refractivity contribution in [1.29, 1.82) is 0 Å². The minimum atomic E-state index is -4.78. The van der Waals surface area contributed by atoms with Crippen LogP contribution in [0.15, 0.2) is 54.7 Å². The SMILES string of the molecule is C=C(N(C)C[C@H]1CC[C@H](Nc2ccc([N+](=O)[O-])c(C(F)(F)F)c2)CC1)C1(C)CCN(c2ccc(Cl)cc2)CC1. The Morgan fingerprint density at radius 1 is 1.15 bits per heavy atom. The van der Waals surface area contributed by atoms with Crippen LogP contribution in [-0.2, 0) is 6.18 Å². The Morgan fingerprint density at radius 2 is 1.77 bits per heavy atom. The van der Waals surface area contributed by atoms with Gasteiger partial charge in [-0.05, 0) is 80.8 Å². The number of nitro benzene ring substituents is 1. The average Bonchev–Trinajstić information content (AvgIpc) is 2.89. The van der Waals surface area contributed by atoms with E-state index in [9.17, 15) is 23.3 Å². The van der Waals surface area contributed by atoms with E-state index >= 15 is 0 Å². The Labute approximate surface area is 233 Å². The first kappa shape index (κ1) is 29.1. The minimum Gasteiger partial charge on any atom is -0.382 e. The van der Waals surface area contributed by atoms with Crippen LogP contribution in [0.4, 0.5) is 30.2 Å². The van der Waals surface area contributed by atoms with Crippen molar-refractivity contribution in [2.24, 2.45) is 11.3 Å². The number of piperidine rings is 1. The minimum absolute atomic E-state index is 0.0303. The highest BCUT2D eigenvalue weighted by molar-refractivity contribution is 6.30. The third-order valence-corrected chi connectivity index (χ3v) is 8.72. The van der Waals surface area contributed by atoms with Crippen LogP contribution in [0.3, 0.4) is 0 Å². The predicted molar refractivity (Wildman–Crippen MR) is 150 cm³/mol. The van der Waals surface area contributed by atoms with Crippen molar-refractivity contribution in [2.75, 3.05) is 36.9 Å².